The number of nitrogens with two attached hydrogens (primary N) is 1. The molecular weight excluding hydrogens is 186 g/mol. The summed E-state index contributed by atoms with van der Waals surface area (Å²) in [6.07, 6.45) is 7.36. The van der Waals surface area contributed by atoms with Crippen LogP contribution in [-0.2, 0) is 13.5 Å². The molecule has 1 aliphatic rings. The minimum Gasteiger partial charge on any atom is -0.384 e. The lowest BCUT2D eigenvalue weighted by Crippen LogP contribution is -2.01. The van der Waals surface area contributed by atoms with Gasteiger partial charge in [0.15, 0.2) is 0 Å². The van der Waals surface area contributed by atoms with Gasteiger partial charge < -0.3 is 10.3 Å². The standard InChI is InChI=1S/C12H21N3/c1-3-4-5-6-10-11(13)15(2)12(14-10)9-7-8-9/h9H,3-8,13H2,1-2H3. The molecule has 15 heavy (non-hydrogen) atoms. The minimum atomic E-state index is 0.692. The maximum Gasteiger partial charge on any atom is 0.126 e. The summed E-state index contributed by atoms with van der Waals surface area (Å²) in [7, 11) is 2.04. The van der Waals surface area contributed by atoms with Gasteiger partial charge in [-0.05, 0) is 25.7 Å². The summed E-state index contributed by atoms with van der Waals surface area (Å²) >= 11 is 0. The van der Waals surface area contributed by atoms with Gasteiger partial charge in [0.05, 0.1) is 5.69 Å². The maximum atomic E-state index is 6.05. The van der Waals surface area contributed by atoms with Crippen LogP contribution < -0.4 is 5.73 Å². The molecule has 1 heterocycles. The van der Waals surface area contributed by atoms with E-state index in [-0.39, 0.29) is 0 Å². The zero-order valence-corrected chi connectivity index (χ0v) is 9.79. The van der Waals surface area contributed by atoms with Gasteiger partial charge >= 0.3 is 0 Å². The molecule has 1 aromatic heterocycles. The summed E-state index contributed by atoms with van der Waals surface area (Å²) in [6.45, 7) is 2.22. The molecule has 0 aromatic carbocycles. The Morgan fingerprint density at radius 3 is 2.73 bits per heavy atom. The van der Waals surface area contributed by atoms with Crippen LogP contribution in [0.1, 0.15) is 56.5 Å². The Morgan fingerprint density at radius 2 is 2.13 bits per heavy atom. The number of anilines is 1. The molecule has 84 valence electrons. The third kappa shape index (κ3) is 2.16. The zero-order valence-electron chi connectivity index (χ0n) is 9.79. The van der Waals surface area contributed by atoms with Gasteiger partial charge in [0.25, 0.3) is 0 Å². The minimum absolute atomic E-state index is 0.692. The summed E-state index contributed by atoms with van der Waals surface area (Å²) in [5.41, 5.74) is 7.17. The highest BCUT2D eigenvalue weighted by atomic mass is 15.1. The number of aromatic nitrogens is 2. The van der Waals surface area contributed by atoms with Crippen LogP contribution in [0.2, 0.25) is 0 Å². The second kappa shape index (κ2) is 4.25. The number of imidazole rings is 1. The Labute approximate surface area is 91.7 Å². The highest BCUT2D eigenvalue weighted by Gasteiger charge is 2.29. The lowest BCUT2D eigenvalue weighted by atomic mass is 10.1. The molecule has 1 aliphatic carbocycles. The molecule has 0 saturated heterocycles. The van der Waals surface area contributed by atoms with Crippen LogP contribution in [0.3, 0.4) is 0 Å². The average Bonchev–Trinajstić information content (AvgIpc) is 3.01. The normalized spacial score (nSPS) is 15.9. The van der Waals surface area contributed by atoms with E-state index in [1.54, 1.807) is 0 Å². The lowest BCUT2D eigenvalue weighted by molar-refractivity contribution is 0.709. The number of nitrogens with zero attached hydrogens (tertiary/aromatic N) is 2. The van der Waals surface area contributed by atoms with Crippen LogP contribution in [0, 0.1) is 0 Å². The van der Waals surface area contributed by atoms with Crippen molar-refractivity contribution in [1.29, 1.82) is 0 Å². The molecule has 3 nitrogen and oxygen atoms in total. The maximum absolute atomic E-state index is 6.05. The van der Waals surface area contributed by atoms with Crippen LogP contribution in [0.15, 0.2) is 0 Å². The molecule has 0 atom stereocenters. The van der Waals surface area contributed by atoms with Gasteiger partial charge in [-0.2, -0.15) is 0 Å². The lowest BCUT2D eigenvalue weighted by Gasteiger charge is -2.00. The van der Waals surface area contributed by atoms with Crippen molar-refractivity contribution >= 4 is 5.82 Å². The summed E-state index contributed by atoms with van der Waals surface area (Å²) in [6, 6.07) is 0. The van der Waals surface area contributed by atoms with Gasteiger partial charge in [-0.1, -0.05) is 19.8 Å². The Kier molecular flexibility index (Phi) is 2.98. The largest absolute Gasteiger partial charge is 0.384 e. The van der Waals surface area contributed by atoms with Crippen molar-refractivity contribution in [2.75, 3.05) is 5.73 Å². The Balaban J connectivity index is 2.06. The first-order chi connectivity index (χ1) is 7.24. The molecule has 0 spiro atoms. The molecule has 0 unspecified atom stereocenters. The molecule has 1 fully saturated rings. The summed E-state index contributed by atoms with van der Waals surface area (Å²) in [5.74, 6) is 2.78. The van der Waals surface area contributed by atoms with Gasteiger partial charge in [-0.25, -0.2) is 4.98 Å². The van der Waals surface area contributed by atoms with Crippen LogP contribution in [0.25, 0.3) is 0 Å². The molecule has 1 saturated carbocycles. The Hall–Kier alpha value is -0.990. The highest BCUT2D eigenvalue weighted by Crippen LogP contribution is 2.40. The predicted molar refractivity (Wildman–Crippen MR) is 62.8 cm³/mol. The van der Waals surface area contributed by atoms with Gasteiger partial charge in [0.2, 0.25) is 0 Å². The van der Waals surface area contributed by atoms with E-state index in [4.69, 9.17) is 5.73 Å². The fourth-order valence-corrected chi connectivity index (χ4v) is 2.02. The highest BCUT2D eigenvalue weighted by molar-refractivity contribution is 5.39. The third-order valence-electron chi connectivity index (χ3n) is 3.21. The fourth-order valence-electron chi connectivity index (χ4n) is 2.02. The number of unbranched alkanes of at least 4 members (excludes halogenated alkanes) is 2. The summed E-state index contributed by atoms with van der Waals surface area (Å²) < 4.78 is 2.08. The first-order valence-corrected chi connectivity index (χ1v) is 6.05. The van der Waals surface area contributed by atoms with E-state index in [2.05, 4.69) is 16.5 Å². The van der Waals surface area contributed by atoms with Gasteiger partial charge in [0, 0.05) is 13.0 Å². The van der Waals surface area contributed by atoms with Gasteiger partial charge in [-0.15, -0.1) is 0 Å². The number of aryl methyl sites for hydroxylation is 1. The first-order valence-electron chi connectivity index (χ1n) is 6.05. The van der Waals surface area contributed by atoms with E-state index < -0.39 is 0 Å². The summed E-state index contributed by atoms with van der Waals surface area (Å²) in [4.78, 5) is 4.68. The number of hydrogen-bond donors (Lipinski definition) is 1. The molecule has 2 rings (SSSR count). The molecule has 0 aliphatic heterocycles. The number of nitrogen functional groups attached to an aromatic ring is 1. The molecular formula is C12H21N3. The molecule has 0 bridgehead atoms. The Morgan fingerprint density at radius 1 is 1.40 bits per heavy atom. The smallest absolute Gasteiger partial charge is 0.126 e. The van der Waals surface area contributed by atoms with Crippen molar-refractivity contribution in [3.05, 3.63) is 11.5 Å². The van der Waals surface area contributed by atoms with Crippen LogP contribution in [0.4, 0.5) is 5.82 Å². The van der Waals surface area contributed by atoms with Crippen molar-refractivity contribution in [3.8, 4) is 0 Å². The van der Waals surface area contributed by atoms with Crippen molar-refractivity contribution in [3.63, 3.8) is 0 Å². The van der Waals surface area contributed by atoms with E-state index in [0.29, 0.717) is 5.92 Å². The first kappa shape index (κ1) is 10.5. The van der Waals surface area contributed by atoms with E-state index >= 15 is 0 Å². The Bertz CT molecular complexity index is 337. The number of hydrogen-bond acceptors (Lipinski definition) is 2. The topological polar surface area (TPSA) is 43.8 Å². The van der Waals surface area contributed by atoms with Crippen molar-refractivity contribution < 1.29 is 0 Å². The summed E-state index contributed by atoms with van der Waals surface area (Å²) in [5, 5.41) is 0. The zero-order chi connectivity index (χ0) is 10.8. The van der Waals surface area contributed by atoms with Gasteiger partial charge in [0.1, 0.15) is 11.6 Å². The molecule has 1 aromatic rings. The molecule has 3 heteroatoms. The SMILES string of the molecule is CCCCCc1nc(C2CC2)n(C)c1N. The van der Waals surface area contributed by atoms with E-state index in [0.717, 1.165) is 17.9 Å². The van der Waals surface area contributed by atoms with Crippen molar-refractivity contribution in [1.82, 2.24) is 9.55 Å². The van der Waals surface area contributed by atoms with Crippen LogP contribution >= 0.6 is 0 Å². The average molecular weight is 207 g/mol. The number of rotatable bonds is 5. The monoisotopic (exact) mass is 207 g/mol. The molecule has 0 amide bonds. The van der Waals surface area contributed by atoms with Crippen LogP contribution in [0.5, 0.6) is 0 Å². The van der Waals surface area contributed by atoms with Crippen LogP contribution in [-0.4, -0.2) is 9.55 Å². The van der Waals surface area contributed by atoms with E-state index in [1.165, 1.54) is 37.9 Å². The van der Waals surface area contributed by atoms with E-state index in [1.807, 2.05) is 7.05 Å². The van der Waals surface area contributed by atoms with Gasteiger partial charge in [-0.3, -0.25) is 0 Å². The predicted octanol–water partition coefficient (Wildman–Crippen LogP) is 2.61. The van der Waals surface area contributed by atoms with E-state index in [9.17, 15) is 0 Å². The quantitative estimate of drug-likeness (QED) is 0.754. The second-order valence-corrected chi connectivity index (χ2v) is 4.59. The van der Waals surface area contributed by atoms with Crippen molar-refractivity contribution in [2.24, 2.45) is 7.05 Å². The third-order valence-corrected chi connectivity index (χ3v) is 3.21. The molecule has 2 N–H and O–H groups in total. The molecule has 0 radical (unpaired) electrons. The fraction of sp³-hybridized carbons (Fsp3) is 0.750. The second-order valence-electron chi connectivity index (χ2n) is 4.59. The van der Waals surface area contributed by atoms with Crippen molar-refractivity contribution in [2.45, 2.75) is 51.4 Å².